The van der Waals surface area contributed by atoms with Gasteiger partial charge < -0.3 is 19.5 Å². The van der Waals surface area contributed by atoms with Gasteiger partial charge in [0.2, 0.25) is 5.91 Å². The summed E-state index contributed by atoms with van der Waals surface area (Å²) in [5.41, 5.74) is -1.13. The third-order valence-corrected chi connectivity index (χ3v) is 3.60. The maximum Gasteiger partial charge on any atom is 0.326 e. The molecule has 2 rings (SSSR count). The Labute approximate surface area is 106 Å². The Morgan fingerprint density at radius 1 is 1.28 bits per heavy atom. The van der Waals surface area contributed by atoms with Gasteiger partial charge in [-0.2, -0.15) is 0 Å². The van der Waals surface area contributed by atoms with Crippen LogP contribution in [0.5, 0.6) is 0 Å². The van der Waals surface area contributed by atoms with E-state index in [9.17, 15) is 9.59 Å². The number of carbonyl (C=O) groups is 2. The number of carbonyl (C=O) groups excluding carboxylic acids is 2. The van der Waals surface area contributed by atoms with Crippen molar-refractivity contribution < 1.29 is 23.8 Å². The van der Waals surface area contributed by atoms with E-state index >= 15 is 0 Å². The molecule has 1 N–H and O–H groups in total. The van der Waals surface area contributed by atoms with Crippen LogP contribution in [-0.4, -0.2) is 52.0 Å². The van der Waals surface area contributed by atoms with Gasteiger partial charge in [0.1, 0.15) is 0 Å². The molecule has 0 aromatic heterocycles. The minimum atomic E-state index is -1.13. The van der Waals surface area contributed by atoms with Crippen LogP contribution in [0, 0.1) is 11.3 Å². The molecule has 2 aliphatic heterocycles. The molecule has 0 unspecified atom stereocenters. The van der Waals surface area contributed by atoms with Crippen LogP contribution in [0.3, 0.4) is 0 Å². The Morgan fingerprint density at radius 3 is 2.44 bits per heavy atom. The summed E-state index contributed by atoms with van der Waals surface area (Å²) >= 11 is 0. The summed E-state index contributed by atoms with van der Waals surface area (Å²) in [6.07, 6.45) is 1.89. The minimum absolute atomic E-state index is 0.110. The second-order valence-corrected chi connectivity index (χ2v) is 4.83. The van der Waals surface area contributed by atoms with Crippen molar-refractivity contribution in [2.24, 2.45) is 11.3 Å². The summed E-state index contributed by atoms with van der Waals surface area (Å²) in [5.74, 6) is -0.372. The first-order valence-electron chi connectivity index (χ1n) is 6.21. The average molecular weight is 257 g/mol. The molecule has 0 bridgehead atoms. The summed E-state index contributed by atoms with van der Waals surface area (Å²) in [6.45, 7) is 2.29. The van der Waals surface area contributed by atoms with Crippen LogP contribution < -0.4 is 5.32 Å². The molecular weight excluding hydrogens is 238 g/mol. The lowest BCUT2D eigenvalue weighted by atomic mass is 9.84. The smallest absolute Gasteiger partial charge is 0.326 e. The minimum Gasteiger partial charge on any atom is -0.468 e. The summed E-state index contributed by atoms with van der Waals surface area (Å²) in [7, 11) is 1.29. The molecule has 0 saturated carbocycles. The lowest BCUT2D eigenvalue weighted by Crippen LogP contribution is -2.59. The van der Waals surface area contributed by atoms with Crippen molar-refractivity contribution in [1.29, 1.82) is 0 Å². The van der Waals surface area contributed by atoms with Crippen molar-refractivity contribution in [3.63, 3.8) is 0 Å². The monoisotopic (exact) mass is 257 g/mol. The molecule has 0 aromatic rings. The van der Waals surface area contributed by atoms with Crippen LogP contribution >= 0.6 is 0 Å². The van der Waals surface area contributed by atoms with E-state index in [1.165, 1.54) is 7.11 Å². The highest BCUT2D eigenvalue weighted by Gasteiger charge is 2.53. The molecule has 102 valence electrons. The Balaban J connectivity index is 1.84. The molecule has 6 nitrogen and oxygen atoms in total. The van der Waals surface area contributed by atoms with Crippen molar-refractivity contribution in [1.82, 2.24) is 5.32 Å². The van der Waals surface area contributed by atoms with Crippen molar-refractivity contribution in [3.05, 3.63) is 0 Å². The van der Waals surface area contributed by atoms with Gasteiger partial charge in [-0.1, -0.05) is 0 Å². The number of methoxy groups -OCH3 is 1. The van der Waals surface area contributed by atoms with Crippen molar-refractivity contribution in [2.75, 3.05) is 40.1 Å². The van der Waals surface area contributed by atoms with Gasteiger partial charge in [-0.3, -0.25) is 9.59 Å². The Morgan fingerprint density at radius 2 is 1.94 bits per heavy atom. The predicted molar refractivity (Wildman–Crippen MR) is 61.8 cm³/mol. The molecule has 0 atom stereocenters. The van der Waals surface area contributed by atoms with Gasteiger partial charge in [0.25, 0.3) is 0 Å². The average Bonchev–Trinajstić information content (AvgIpc) is 2.36. The summed E-state index contributed by atoms with van der Waals surface area (Å²) < 4.78 is 14.9. The lowest BCUT2D eigenvalue weighted by Gasteiger charge is -2.37. The van der Waals surface area contributed by atoms with Gasteiger partial charge in [0.05, 0.1) is 20.3 Å². The number of rotatable bonds is 4. The molecule has 2 aliphatic rings. The summed E-state index contributed by atoms with van der Waals surface area (Å²) in [5, 5.41) is 2.84. The first kappa shape index (κ1) is 13.3. The zero-order valence-electron chi connectivity index (χ0n) is 10.6. The summed E-state index contributed by atoms with van der Waals surface area (Å²) in [4.78, 5) is 23.7. The van der Waals surface area contributed by atoms with Gasteiger partial charge in [0.15, 0.2) is 5.41 Å². The number of hydrogen-bond donors (Lipinski definition) is 1. The van der Waals surface area contributed by atoms with Crippen molar-refractivity contribution >= 4 is 11.9 Å². The van der Waals surface area contributed by atoms with E-state index in [1.807, 2.05) is 0 Å². The molecule has 0 aromatic carbocycles. The first-order valence-corrected chi connectivity index (χ1v) is 6.21. The van der Waals surface area contributed by atoms with E-state index in [0.29, 0.717) is 12.5 Å². The molecule has 18 heavy (non-hydrogen) atoms. The van der Waals surface area contributed by atoms with E-state index in [2.05, 4.69) is 10.1 Å². The van der Waals surface area contributed by atoms with Crippen LogP contribution in [-0.2, 0) is 23.8 Å². The number of hydrogen-bond acceptors (Lipinski definition) is 5. The molecule has 0 spiro atoms. The Hall–Kier alpha value is -1.14. The van der Waals surface area contributed by atoms with E-state index in [-0.39, 0.29) is 19.1 Å². The molecule has 2 saturated heterocycles. The highest BCUT2D eigenvalue weighted by atomic mass is 16.5. The van der Waals surface area contributed by atoms with Gasteiger partial charge >= 0.3 is 5.97 Å². The number of ether oxygens (including phenoxy) is 3. The molecule has 6 heteroatoms. The SMILES string of the molecule is COC(=O)C1(C(=O)NCC2CCOCC2)COC1. The van der Waals surface area contributed by atoms with Crippen LogP contribution in [0.25, 0.3) is 0 Å². The number of amides is 1. The molecule has 2 fully saturated rings. The van der Waals surface area contributed by atoms with Crippen LogP contribution in [0.4, 0.5) is 0 Å². The second kappa shape index (κ2) is 5.67. The second-order valence-electron chi connectivity index (χ2n) is 4.83. The van der Waals surface area contributed by atoms with Crippen LogP contribution in [0.15, 0.2) is 0 Å². The maximum absolute atomic E-state index is 12.1. The third kappa shape index (κ3) is 2.49. The topological polar surface area (TPSA) is 73.9 Å². The highest BCUT2D eigenvalue weighted by molar-refractivity contribution is 6.03. The van der Waals surface area contributed by atoms with Gasteiger partial charge in [-0.25, -0.2) is 0 Å². The number of nitrogens with one attached hydrogen (secondary N) is 1. The van der Waals surface area contributed by atoms with Crippen LogP contribution in [0.1, 0.15) is 12.8 Å². The first-order chi connectivity index (χ1) is 8.69. The Bertz CT molecular complexity index is 320. The zero-order valence-corrected chi connectivity index (χ0v) is 10.6. The van der Waals surface area contributed by atoms with Crippen molar-refractivity contribution in [2.45, 2.75) is 12.8 Å². The fraction of sp³-hybridized carbons (Fsp3) is 0.833. The van der Waals surface area contributed by atoms with E-state index in [0.717, 1.165) is 26.1 Å². The van der Waals surface area contributed by atoms with Gasteiger partial charge in [-0.15, -0.1) is 0 Å². The standard InChI is InChI=1S/C12H19NO5/c1-16-11(15)12(7-18-8-12)10(14)13-6-9-2-4-17-5-3-9/h9H,2-8H2,1H3,(H,13,14). The molecule has 1 amide bonds. The predicted octanol–water partition coefficient (Wildman–Crippen LogP) is -0.281. The maximum atomic E-state index is 12.1. The largest absolute Gasteiger partial charge is 0.468 e. The van der Waals surface area contributed by atoms with Crippen molar-refractivity contribution in [3.8, 4) is 0 Å². The fourth-order valence-corrected chi connectivity index (χ4v) is 2.20. The number of esters is 1. The quantitative estimate of drug-likeness (QED) is 0.554. The normalized spacial score (nSPS) is 22.9. The van der Waals surface area contributed by atoms with E-state index in [4.69, 9.17) is 9.47 Å². The van der Waals surface area contributed by atoms with E-state index in [1.54, 1.807) is 0 Å². The molecule has 0 radical (unpaired) electrons. The lowest BCUT2D eigenvalue weighted by molar-refractivity contribution is -0.188. The van der Waals surface area contributed by atoms with Gasteiger partial charge in [0, 0.05) is 19.8 Å². The zero-order chi connectivity index (χ0) is 13.0. The fourth-order valence-electron chi connectivity index (χ4n) is 2.20. The molecular formula is C12H19NO5. The molecule has 0 aliphatic carbocycles. The molecule has 2 heterocycles. The van der Waals surface area contributed by atoms with Crippen LogP contribution in [0.2, 0.25) is 0 Å². The summed E-state index contributed by atoms with van der Waals surface area (Å²) in [6, 6.07) is 0. The van der Waals surface area contributed by atoms with Gasteiger partial charge in [-0.05, 0) is 18.8 Å². The van der Waals surface area contributed by atoms with E-state index < -0.39 is 11.4 Å². The highest BCUT2D eigenvalue weighted by Crippen LogP contribution is 2.29. The Kier molecular flexibility index (Phi) is 4.19. The third-order valence-electron chi connectivity index (χ3n) is 3.60.